The predicted octanol–water partition coefficient (Wildman–Crippen LogP) is 0.766. The number of rotatable bonds is 5. The molecule has 0 aliphatic carbocycles. The van der Waals surface area contributed by atoms with Crippen molar-refractivity contribution in [3.63, 3.8) is 0 Å². The van der Waals surface area contributed by atoms with Gasteiger partial charge in [0.2, 0.25) is 10.0 Å². The molecule has 5 nitrogen and oxygen atoms in total. The normalized spacial score (nSPS) is 13.6. The second-order valence-electron chi connectivity index (χ2n) is 4.03. The fourth-order valence-corrected chi connectivity index (χ4v) is 2.38. The molecule has 0 saturated carbocycles. The molecule has 0 fully saturated rings. The summed E-state index contributed by atoms with van der Waals surface area (Å²) in [5.41, 5.74) is 5.80. The smallest absolute Gasteiger partial charge is 0.240 e. The van der Waals surface area contributed by atoms with Gasteiger partial charge in [0.25, 0.3) is 0 Å². The number of hydrogen-bond acceptors (Lipinski definition) is 4. The van der Waals surface area contributed by atoms with E-state index >= 15 is 0 Å². The van der Waals surface area contributed by atoms with E-state index in [-0.39, 0.29) is 22.7 Å². The first kappa shape index (κ1) is 14.9. The maximum Gasteiger partial charge on any atom is 0.240 e. The van der Waals surface area contributed by atoms with Crippen LogP contribution in [0.4, 0.5) is 10.1 Å². The number of nitrogens with one attached hydrogen (secondary N) is 1. The van der Waals surface area contributed by atoms with E-state index in [1.54, 1.807) is 6.92 Å². The Morgan fingerprint density at radius 2 is 2.11 bits per heavy atom. The molecule has 0 aliphatic rings. The standard InChI is InChI=1S/C11H17FN2O3S/c1-3-8(15)6-14-18(16,17)9-4-10(12)7(2)11(13)5-9/h4-5,8,14-15H,3,6,13H2,1-2H3. The molecule has 0 radical (unpaired) electrons. The molecule has 1 atom stereocenters. The van der Waals surface area contributed by atoms with Gasteiger partial charge in [0, 0.05) is 17.8 Å². The zero-order valence-corrected chi connectivity index (χ0v) is 11.1. The molecular weight excluding hydrogens is 259 g/mol. The first-order valence-corrected chi connectivity index (χ1v) is 6.99. The van der Waals surface area contributed by atoms with Crippen LogP contribution >= 0.6 is 0 Å². The van der Waals surface area contributed by atoms with Gasteiger partial charge in [0.15, 0.2) is 0 Å². The highest BCUT2D eigenvalue weighted by Gasteiger charge is 2.18. The summed E-state index contributed by atoms with van der Waals surface area (Å²) >= 11 is 0. The number of aliphatic hydroxyl groups is 1. The zero-order chi connectivity index (χ0) is 13.9. The van der Waals surface area contributed by atoms with E-state index in [1.807, 2.05) is 0 Å². The van der Waals surface area contributed by atoms with Crippen LogP contribution in [0.1, 0.15) is 18.9 Å². The van der Waals surface area contributed by atoms with Crippen LogP contribution in [-0.2, 0) is 10.0 Å². The van der Waals surface area contributed by atoms with Gasteiger partial charge in [-0.25, -0.2) is 17.5 Å². The van der Waals surface area contributed by atoms with Gasteiger partial charge in [-0.15, -0.1) is 0 Å². The highest BCUT2D eigenvalue weighted by atomic mass is 32.2. The highest BCUT2D eigenvalue weighted by molar-refractivity contribution is 7.89. The van der Waals surface area contributed by atoms with E-state index in [4.69, 9.17) is 5.73 Å². The molecule has 1 aromatic carbocycles. The third kappa shape index (κ3) is 3.41. The average Bonchev–Trinajstić information content (AvgIpc) is 2.32. The van der Waals surface area contributed by atoms with Gasteiger partial charge >= 0.3 is 0 Å². The van der Waals surface area contributed by atoms with E-state index in [0.717, 1.165) is 6.07 Å². The topological polar surface area (TPSA) is 92.4 Å². The van der Waals surface area contributed by atoms with Crippen molar-refractivity contribution < 1.29 is 17.9 Å². The van der Waals surface area contributed by atoms with Crippen molar-refractivity contribution in [3.05, 3.63) is 23.5 Å². The molecule has 0 spiro atoms. The minimum atomic E-state index is -3.86. The number of sulfonamides is 1. The number of nitrogens with two attached hydrogens (primary N) is 1. The van der Waals surface area contributed by atoms with Crippen LogP contribution in [0.5, 0.6) is 0 Å². The summed E-state index contributed by atoms with van der Waals surface area (Å²) in [4.78, 5) is -0.244. The molecule has 4 N–H and O–H groups in total. The third-order valence-electron chi connectivity index (χ3n) is 2.65. The number of anilines is 1. The van der Waals surface area contributed by atoms with Crippen LogP contribution in [0.2, 0.25) is 0 Å². The zero-order valence-electron chi connectivity index (χ0n) is 10.3. The lowest BCUT2D eigenvalue weighted by Gasteiger charge is -2.11. The molecule has 0 aromatic heterocycles. The molecule has 1 unspecified atom stereocenters. The summed E-state index contributed by atoms with van der Waals surface area (Å²) in [6, 6.07) is 2.10. The van der Waals surface area contributed by atoms with Gasteiger partial charge in [-0.1, -0.05) is 6.92 Å². The van der Waals surface area contributed by atoms with Crippen LogP contribution in [0.3, 0.4) is 0 Å². The van der Waals surface area contributed by atoms with Crippen LogP contribution in [0.15, 0.2) is 17.0 Å². The van der Waals surface area contributed by atoms with Crippen LogP contribution < -0.4 is 10.5 Å². The molecular formula is C11H17FN2O3S. The summed E-state index contributed by atoms with van der Waals surface area (Å²) in [5.74, 6) is -0.675. The maximum absolute atomic E-state index is 13.4. The number of nitrogen functional groups attached to an aromatic ring is 1. The van der Waals surface area contributed by atoms with Gasteiger partial charge < -0.3 is 10.8 Å². The molecule has 0 bridgehead atoms. The number of halogens is 1. The SMILES string of the molecule is CCC(O)CNS(=O)(=O)c1cc(N)c(C)c(F)c1. The molecule has 18 heavy (non-hydrogen) atoms. The van der Waals surface area contributed by atoms with Gasteiger partial charge in [0.1, 0.15) is 5.82 Å². The monoisotopic (exact) mass is 276 g/mol. The first-order valence-electron chi connectivity index (χ1n) is 5.51. The summed E-state index contributed by atoms with van der Waals surface area (Å²) in [6.07, 6.45) is -0.347. The van der Waals surface area contributed by atoms with Crippen molar-refractivity contribution in [2.24, 2.45) is 0 Å². The molecule has 0 saturated heterocycles. The Labute approximate surface area is 106 Å². The number of benzene rings is 1. The fourth-order valence-electron chi connectivity index (χ4n) is 1.26. The molecule has 1 aromatic rings. The molecule has 0 amide bonds. The average molecular weight is 276 g/mol. The van der Waals surface area contributed by atoms with Gasteiger partial charge in [-0.2, -0.15) is 0 Å². The second-order valence-corrected chi connectivity index (χ2v) is 5.80. The fraction of sp³-hybridized carbons (Fsp3) is 0.455. The Morgan fingerprint density at radius 1 is 1.50 bits per heavy atom. The summed E-state index contributed by atoms with van der Waals surface area (Å²) in [5, 5.41) is 9.30. The summed E-state index contributed by atoms with van der Waals surface area (Å²) < 4.78 is 39.3. The van der Waals surface area contributed by atoms with E-state index in [1.165, 1.54) is 13.0 Å². The lowest BCUT2D eigenvalue weighted by Crippen LogP contribution is -2.31. The van der Waals surface area contributed by atoms with Crippen molar-refractivity contribution in [1.29, 1.82) is 0 Å². The second kappa shape index (κ2) is 5.64. The Bertz CT molecular complexity index is 508. The number of aliphatic hydroxyl groups excluding tert-OH is 1. The van der Waals surface area contributed by atoms with Gasteiger partial charge in [0.05, 0.1) is 11.0 Å². The molecule has 0 aliphatic heterocycles. The molecule has 1 rings (SSSR count). The Hall–Kier alpha value is -1.18. The van der Waals surface area contributed by atoms with E-state index in [9.17, 15) is 17.9 Å². The summed E-state index contributed by atoms with van der Waals surface area (Å²) in [6.45, 7) is 3.08. The van der Waals surface area contributed by atoms with E-state index < -0.39 is 21.9 Å². The third-order valence-corrected chi connectivity index (χ3v) is 4.05. The van der Waals surface area contributed by atoms with Crippen molar-refractivity contribution >= 4 is 15.7 Å². The predicted molar refractivity (Wildman–Crippen MR) is 67.0 cm³/mol. The quantitative estimate of drug-likeness (QED) is 0.692. The van der Waals surface area contributed by atoms with Crippen LogP contribution in [-0.4, -0.2) is 26.2 Å². The molecule has 7 heteroatoms. The van der Waals surface area contributed by atoms with Crippen molar-refractivity contribution in [1.82, 2.24) is 4.72 Å². The minimum Gasteiger partial charge on any atom is -0.398 e. The molecule has 102 valence electrons. The van der Waals surface area contributed by atoms with Gasteiger partial charge in [-0.05, 0) is 25.5 Å². The Kier molecular flexibility index (Phi) is 4.66. The van der Waals surface area contributed by atoms with E-state index in [2.05, 4.69) is 4.72 Å². The lowest BCUT2D eigenvalue weighted by molar-refractivity contribution is 0.174. The van der Waals surface area contributed by atoms with Crippen molar-refractivity contribution in [2.45, 2.75) is 31.3 Å². The Morgan fingerprint density at radius 3 is 2.61 bits per heavy atom. The van der Waals surface area contributed by atoms with Crippen LogP contribution in [0, 0.1) is 12.7 Å². The van der Waals surface area contributed by atoms with Gasteiger partial charge in [-0.3, -0.25) is 0 Å². The first-order chi connectivity index (χ1) is 8.27. The Balaban J connectivity index is 2.99. The van der Waals surface area contributed by atoms with Crippen molar-refractivity contribution in [2.75, 3.05) is 12.3 Å². The largest absolute Gasteiger partial charge is 0.398 e. The minimum absolute atomic E-state index is 0.0754. The van der Waals surface area contributed by atoms with Crippen LogP contribution in [0.25, 0.3) is 0 Å². The number of hydrogen-bond donors (Lipinski definition) is 3. The highest BCUT2D eigenvalue weighted by Crippen LogP contribution is 2.20. The lowest BCUT2D eigenvalue weighted by atomic mass is 10.2. The summed E-state index contributed by atoms with van der Waals surface area (Å²) in [7, 11) is -3.86. The maximum atomic E-state index is 13.4. The van der Waals surface area contributed by atoms with Crippen molar-refractivity contribution in [3.8, 4) is 0 Å². The molecule has 0 heterocycles. The van der Waals surface area contributed by atoms with E-state index in [0.29, 0.717) is 6.42 Å².